The number of hydrogen-bond acceptors (Lipinski definition) is 5. The average molecular weight is 356 g/mol. The highest BCUT2D eigenvalue weighted by molar-refractivity contribution is 5.95. The molecule has 0 saturated heterocycles. The summed E-state index contributed by atoms with van der Waals surface area (Å²) in [6.45, 7) is 2.76. The molecule has 0 radical (unpaired) electrons. The van der Waals surface area contributed by atoms with E-state index < -0.39 is 0 Å². The van der Waals surface area contributed by atoms with E-state index in [1.54, 1.807) is 44.7 Å². The number of ether oxygens (including phenoxy) is 3. The maximum Gasteiger partial charge on any atom is 0.271 e. The van der Waals surface area contributed by atoms with Crippen LogP contribution < -0.4 is 19.6 Å². The summed E-state index contributed by atoms with van der Waals surface area (Å²) in [5, 5.41) is 3.99. The fourth-order valence-electron chi connectivity index (χ4n) is 2.20. The summed E-state index contributed by atoms with van der Waals surface area (Å²) in [7, 11) is 3.14. The van der Waals surface area contributed by atoms with Crippen molar-refractivity contribution in [1.82, 2.24) is 5.43 Å². The van der Waals surface area contributed by atoms with E-state index in [2.05, 4.69) is 17.5 Å². The van der Waals surface area contributed by atoms with E-state index in [0.717, 1.165) is 18.4 Å². The fraction of sp³-hybridized carbons (Fsp3) is 0.300. The van der Waals surface area contributed by atoms with E-state index in [0.29, 0.717) is 29.4 Å². The largest absolute Gasteiger partial charge is 0.497 e. The van der Waals surface area contributed by atoms with Crippen molar-refractivity contribution in [2.45, 2.75) is 19.8 Å². The maximum absolute atomic E-state index is 12.1. The van der Waals surface area contributed by atoms with Gasteiger partial charge >= 0.3 is 0 Å². The number of nitrogens with one attached hydrogen (secondary N) is 1. The van der Waals surface area contributed by atoms with E-state index in [-0.39, 0.29) is 5.91 Å². The Labute approximate surface area is 153 Å². The number of methoxy groups -OCH3 is 2. The van der Waals surface area contributed by atoms with Crippen molar-refractivity contribution >= 4 is 12.1 Å². The quantitative estimate of drug-likeness (QED) is 0.423. The molecule has 6 nitrogen and oxygen atoms in total. The van der Waals surface area contributed by atoms with Crippen LogP contribution in [0.4, 0.5) is 0 Å². The SMILES string of the molecule is CCCCOc1ccc(C=NNC(=O)c2cccc(OC)c2)cc1OC. The number of benzene rings is 2. The van der Waals surface area contributed by atoms with Gasteiger partial charge in [0.25, 0.3) is 5.91 Å². The van der Waals surface area contributed by atoms with Crippen LogP contribution in [0.1, 0.15) is 35.7 Å². The minimum absolute atomic E-state index is 0.313. The molecule has 0 bridgehead atoms. The Balaban J connectivity index is 1.99. The van der Waals surface area contributed by atoms with Gasteiger partial charge in [-0.3, -0.25) is 4.79 Å². The molecule has 138 valence electrons. The molecule has 6 heteroatoms. The van der Waals surface area contributed by atoms with Crippen molar-refractivity contribution in [3.05, 3.63) is 53.6 Å². The van der Waals surface area contributed by atoms with Gasteiger partial charge in [-0.2, -0.15) is 5.10 Å². The summed E-state index contributed by atoms with van der Waals surface area (Å²) in [6.07, 6.45) is 3.61. The van der Waals surface area contributed by atoms with Crippen LogP contribution in [0.2, 0.25) is 0 Å². The van der Waals surface area contributed by atoms with Crippen LogP contribution in [0.25, 0.3) is 0 Å². The van der Waals surface area contributed by atoms with Gasteiger partial charge in [-0.25, -0.2) is 5.43 Å². The van der Waals surface area contributed by atoms with Gasteiger partial charge in [0.1, 0.15) is 5.75 Å². The average Bonchev–Trinajstić information content (AvgIpc) is 2.68. The molecule has 0 fully saturated rings. The van der Waals surface area contributed by atoms with E-state index >= 15 is 0 Å². The molecule has 0 aliphatic heterocycles. The van der Waals surface area contributed by atoms with Crippen LogP contribution in [-0.4, -0.2) is 32.9 Å². The molecule has 2 aromatic rings. The van der Waals surface area contributed by atoms with Crippen molar-refractivity contribution in [1.29, 1.82) is 0 Å². The third-order valence-electron chi connectivity index (χ3n) is 3.65. The fourth-order valence-corrected chi connectivity index (χ4v) is 2.20. The van der Waals surface area contributed by atoms with Gasteiger partial charge < -0.3 is 14.2 Å². The van der Waals surface area contributed by atoms with Crippen LogP contribution in [0.3, 0.4) is 0 Å². The minimum atomic E-state index is -0.313. The van der Waals surface area contributed by atoms with Crippen molar-refractivity contribution in [2.75, 3.05) is 20.8 Å². The van der Waals surface area contributed by atoms with Gasteiger partial charge in [-0.1, -0.05) is 19.4 Å². The number of amides is 1. The molecular formula is C20H24N2O4. The number of nitrogens with zero attached hydrogens (tertiary/aromatic N) is 1. The van der Waals surface area contributed by atoms with Gasteiger partial charge in [-0.15, -0.1) is 0 Å². The lowest BCUT2D eigenvalue weighted by Gasteiger charge is -2.10. The third kappa shape index (κ3) is 5.51. The Morgan fingerprint density at radius 2 is 1.96 bits per heavy atom. The summed E-state index contributed by atoms with van der Waals surface area (Å²) >= 11 is 0. The first-order chi connectivity index (χ1) is 12.7. The zero-order chi connectivity index (χ0) is 18.8. The van der Waals surface area contributed by atoms with Crippen molar-refractivity contribution < 1.29 is 19.0 Å². The third-order valence-corrected chi connectivity index (χ3v) is 3.65. The van der Waals surface area contributed by atoms with E-state index in [1.807, 2.05) is 18.2 Å². The lowest BCUT2D eigenvalue weighted by atomic mass is 10.2. The summed E-state index contributed by atoms with van der Waals surface area (Å²) < 4.78 is 16.2. The Bertz CT molecular complexity index is 759. The molecule has 1 amide bonds. The van der Waals surface area contributed by atoms with Crippen LogP contribution in [0.5, 0.6) is 17.2 Å². The lowest BCUT2D eigenvalue weighted by molar-refractivity contribution is 0.0955. The first-order valence-electron chi connectivity index (χ1n) is 8.46. The summed E-state index contributed by atoms with van der Waals surface area (Å²) in [5.74, 6) is 1.62. The summed E-state index contributed by atoms with van der Waals surface area (Å²) in [5.41, 5.74) is 3.75. The molecule has 0 saturated carbocycles. The first-order valence-corrected chi connectivity index (χ1v) is 8.46. The standard InChI is InChI=1S/C20H24N2O4/c1-4-5-11-26-18-10-9-15(12-19(18)25-3)14-21-22-20(23)16-7-6-8-17(13-16)24-2/h6-10,12-14H,4-5,11H2,1-3H3,(H,22,23). The maximum atomic E-state index is 12.1. The van der Waals surface area contributed by atoms with Gasteiger partial charge in [0, 0.05) is 5.56 Å². The molecule has 2 aromatic carbocycles. The smallest absolute Gasteiger partial charge is 0.271 e. The Morgan fingerprint density at radius 1 is 1.12 bits per heavy atom. The molecule has 26 heavy (non-hydrogen) atoms. The Hall–Kier alpha value is -3.02. The Morgan fingerprint density at radius 3 is 2.69 bits per heavy atom. The highest BCUT2D eigenvalue weighted by Gasteiger charge is 2.06. The second-order valence-electron chi connectivity index (χ2n) is 5.54. The van der Waals surface area contributed by atoms with Crippen LogP contribution in [-0.2, 0) is 0 Å². The summed E-state index contributed by atoms with van der Waals surface area (Å²) in [4.78, 5) is 12.1. The molecule has 0 spiro atoms. The molecular weight excluding hydrogens is 332 g/mol. The van der Waals surface area contributed by atoms with Gasteiger partial charge in [0.2, 0.25) is 0 Å². The monoisotopic (exact) mass is 356 g/mol. The highest BCUT2D eigenvalue weighted by Crippen LogP contribution is 2.27. The molecule has 0 atom stereocenters. The lowest BCUT2D eigenvalue weighted by Crippen LogP contribution is -2.17. The van der Waals surface area contributed by atoms with Crippen molar-refractivity contribution in [2.24, 2.45) is 5.10 Å². The highest BCUT2D eigenvalue weighted by atomic mass is 16.5. The first kappa shape index (κ1) is 19.3. The van der Waals surface area contributed by atoms with Crippen LogP contribution in [0.15, 0.2) is 47.6 Å². The predicted molar refractivity (Wildman–Crippen MR) is 101 cm³/mol. The molecule has 0 unspecified atom stereocenters. The van der Waals surface area contributed by atoms with Gasteiger partial charge in [-0.05, 0) is 48.4 Å². The zero-order valence-corrected chi connectivity index (χ0v) is 15.3. The predicted octanol–water partition coefficient (Wildman–Crippen LogP) is 3.65. The van der Waals surface area contributed by atoms with Crippen LogP contribution >= 0.6 is 0 Å². The second-order valence-corrected chi connectivity index (χ2v) is 5.54. The zero-order valence-electron chi connectivity index (χ0n) is 15.3. The second kappa shape index (κ2) is 10.1. The molecule has 0 aliphatic carbocycles. The number of carbonyl (C=O) groups excluding carboxylic acids is 1. The molecule has 1 N–H and O–H groups in total. The minimum Gasteiger partial charge on any atom is -0.497 e. The van der Waals surface area contributed by atoms with E-state index in [9.17, 15) is 4.79 Å². The number of unbranched alkanes of at least 4 members (excludes halogenated alkanes) is 1. The van der Waals surface area contributed by atoms with Crippen molar-refractivity contribution in [3.63, 3.8) is 0 Å². The van der Waals surface area contributed by atoms with E-state index in [4.69, 9.17) is 14.2 Å². The Kier molecular flexibility index (Phi) is 7.49. The topological polar surface area (TPSA) is 69.2 Å². The van der Waals surface area contributed by atoms with Crippen molar-refractivity contribution in [3.8, 4) is 17.2 Å². The number of carbonyl (C=O) groups is 1. The molecule has 2 rings (SSSR count). The number of rotatable bonds is 9. The molecule has 0 aliphatic rings. The van der Waals surface area contributed by atoms with Gasteiger partial charge in [0.05, 0.1) is 27.0 Å². The normalized spacial score (nSPS) is 10.6. The number of hydrogen-bond donors (Lipinski definition) is 1. The molecule has 0 aromatic heterocycles. The van der Waals surface area contributed by atoms with E-state index in [1.165, 1.54) is 0 Å². The van der Waals surface area contributed by atoms with Crippen LogP contribution in [0, 0.1) is 0 Å². The number of hydrazone groups is 1. The molecule has 0 heterocycles. The van der Waals surface area contributed by atoms with Gasteiger partial charge in [0.15, 0.2) is 11.5 Å². The summed E-state index contributed by atoms with van der Waals surface area (Å²) in [6, 6.07) is 12.4.